The average Bonchev–Trinajstić information content (AvgIpc) is 3.30. The standard InChI is InChI=1S/C16H17ClN4O5/c17-13-8-11(21(23)24)3-4-15(13)26-10-20-6-5-14(19-20)16(22)18-9-12-2-1-7-25-12/h3-6,8,12H,1-2,7,9-10H2,(H,18,22). The van der Waals surface area contributed by atoms with Gasteiger partial charge in [0.15, 0.2) is 6.73 Å². The van der Waals surface area contributed by atoms with Crippen LogP contribution >= 0.6 is 11.6 Å². The van der Waals surface area contributed by atoms with Crippen molar-refractivity contribution in [1.82, 2.24) is 15.1 Å². The fourth-order valence-corrected chi connectivity index (χ4v) is 2.74. The first-order chi connectivity index (χ1) is 12.5. The zero-order valence-corrected chi connectivity index (χ0v) is 14.5. The second-order valence-corrected chi connectivity index (χ2v) is 6.14. The largest absolute Gasteiger partial charge is 0.470 e. The number of carbonyl (C=O) groups is 1. The van der Waals surface area contributed by atoms with E-state index in [4.69, 9.17) is 21.1 Å². The molecule has 1 aliphatic rings. The van der Waals surface area contributed by atoms with Gasteiger partial charge in [-0.3, -0.25) is 14.9 Å². The van der Waals surface area contributed by atoms with E-state index in [0.717, 1.165) is 19.4 Å². The molecule has 0 radical (unpaired) electrons. The van der Waals surface area contributed by atoms with Crippen molar-refractivity contribution in [1.29, 1.82) is 0 Å². The van der Waals surface area contributed by atoms with Gasteiger partial charge in [-0.1, -0.05) is 11.6 Å². The minimum atomic E-state index is -0.537. The normalized spacial score (nSPS) is 16.4. The molecule has 9 nitrogen and oxygen atoms in total. The van der Waals surface area contributed by atoms with Crippen molar-refractivity contribution in [2.45, 2.75) is 25.7 Å². The molecule has 0 aliphatic carbocycles. The molecule has 1 N–H and O–H groups in total. The zero-order chi connectivity index (χ0) is 18.5. The lowest BCUT2D eigenvalue weighted by Gasteiger charge is -2.09. The number of ether oxygens (including phenoxy) is 2. The number of halogens is 1. The number of hydrogen-bond donors (Lipinski definition) is 1. The summed E-state index contributed by atoms with van der Waals surface area (Å²) in [5.74, 6) is 0.00442. The van der Waals surface area contributed by atoms with Crippen molar-refractivity contribution < 1.29 is 19.2 Å². The number of rotatable bonds is 7. The summed E-state index contributed by atoms with van der Waals surface area (Å²) < 4.78 is 12.4. The Morgan fingerprint density at radius 1 is 1.50 bits per heavy atom. The molecule has 1 aliphatic heterocycles. The van der Waals surface area contributed by atoms with Crippen LogP contribution in [0.1, 0.15) is 23.3 Å². The molecular weight excluding hydrogens is 364 g/mol. The maximum Gasteiger partial charge on any atom is 0.271 e. The first-order valence-electron chi connectivity index (χ1n) is 8.03. The highest BCUT2D eigenvalue weighted by Crippen LogP contribution is 2.28. The highest BCUT2D eigenvalue weighted by molar-refractivity contribution is 6.32. The molecule has 2 heterocycles. The molecule has 138 valence electrons. The fraction of sp³-hybridized carbons (Fsp3) is 0.375. The van der Waals surface area contributed by atoms with Crippen molar-refractivity contribution in [2.24, 2.45) is 0 Å². The van der Waals surface area contributed by atoms with E-state index in [9.17, 15) is 14.9 Å². The molecule has 26 heavy (non-hydrogen) atoms. The van der Waals surface area contributed by atoms with Crippen molar-refractivity contribution in [3.8, 4) is 5.75 Å². The van der Waals surface area contributed by atoms with E-state index in [1.54, 1.807) is 12.3 Å². The van der Waals surface area contributed by atoms with Crippen LogP contribution in [0.25, 0.3) is 0 Å². The summed E-state index contributed by atoms with van der Waals surface area (Å²) >= 11 is 5.96. The number of nitro groups is 1. The number of carbonyl (C=O) groups excluding carboxylic acids is 1. The van der Waals surface area contributed by atoms with Crippen LogP contribution in [0.5, 0.6) is 5.75 Å². The Morgan fingerprint density at radius 2 is 2.35 bits per heavy atom. The third kappa shape index (κ3) is 4.50. The predicted molar refractivity (Wildman–Crippen MR) is 92.3 cm³/mol. The smallest absolute Gasteiger partial charge is 0.271 e. The highest BCUT2D eigenvalue weighted by atomic mass is 35.5. The molecule has 1 aromatic carbocycles. The van der Waals surface area contributed by atoms with Gasteiger partial charge in [0.05, 0.1) is 16.0 Å². The second-order valence-electron chi connectivity index (χ2n) is 5.73. The SMILES string of the molecule is O=C(NCC1CCCO1)c1ccn(COc2ccc([N+](=O)[O-])cc2Cl)n1. The maximum absolute atomic E-state index is 12.1. The van der Waals surface area contributed by atoms with Crippen LogP contribution < -0.4 is 10.1 Å². The molecule has 1 saturated heterocycles. The molecule has 1 amide bonds. The quantitative estimate of drug-likeness (QED) is 0.583. The molecule has 1 aromatic heterocycles. The lowest BCUT2D eigenvalue weighted by atomic mass is 10.2. The van der Waals surface area contributed by atoms with E-state index in [2.05, 4.69) is 10.4 Å². The van der Waals surface area contributed by atoms with E-state index in [-0.39, 0.29) is 40.9 Å². The Balaban J connectivity index is 1.53. The van der Waals surface area contributed by atoms with Crippen molar-refractivity contribution in [2.75, 3.05) is 13.2 Å². The third-order valence-corrected chi connectivity index (χ3v) is 4.16. The van der Waals surface area contributed by atoms with Gasteiger partial charge in [0.25, 0.3) is 11.6 Å². The first kappa shape index (κ1) is 18.2. The van der Waals surface area contributed by atoms with Crippen LogP contribution in [-0.2, 0) is 11.5 Å². The Kier molecular flexibility index (Phi) is 5.69. The number of amides is 1. The number of nitro benzene ring substituents is 1. The van der Waals surface area contributed by atoms with Crippen molar-refractivity contribution in [3.63, 3.8) is 0 Å². The van der Waals surface area contributed by atoms with Crippen LogP contribution in [0.3, 0.4) is 0 Å². The van der Waals surface area contributed by atoms with Gasteiger partial charge in [0.2, 0.25) is 0 Å². The van der Waals surface area contributed by atoms with Gasteiger partial charge < -0.3 is 14.8 Å². The summed E-state index contributed by atoms with van der Waals surface area (Å²) in [6, 6.07) is 5.50. The molecule has 0 spiro atoms. The van der Waals surface area contributed by atoms with Crippen molar-refractivity contribution >= 4 is 23.2 Å². The van der Waals surface area contributed by atoms with Gasteiger partial charge in [0.1, 0.15) is 11.4 Å². The van der Waals surface area contributed by atoms with Gasteiger partial charge in [-0.15, -0.1) is 0 Å². The molecular formula is C16H17ClN4O5. The summed E-state index contributed by atoms with van der Waals surface area (Å²) in [6.45, 7) is 1.20. The Hall–Kier alpha value is -2.65. The molecule has 1 unspecified atom stereocenters. The van der Waals surface area contributed by atoms with Gasteiger partial charge >= 0.3 is 0 Å². The summed E-state index contributed by atoms with van der Waals surface area (Å²) in [4.78, 5) is 22.2. The van der Waals surface area contributed by atoms with Gasteiger partial charge in [-0.2, -0.15) is 5.10 Å². The molecule has 0 bridgehead atoms. The molecule has 0 saturated carbocycles. The van der Waals surface area contributed by atoms with Crippen LogP contribution in [0.4, 0.5) is 5.69 Å². The number of nitrogens with zero attached hydrogens (tertiary/aromatic N) is 3. The predicted octanol–water partition coefficient (Wildman–Crippen LogP) is 2.39. The number of benzene rings is 1. The molecule has 1 fully saturated rings. The van der Waals surface area contributed by atoms with Gasteiger partial charge in [0, 0.05) is 31.5 Å². The first-order valence-corrected chi connectivity index (χ1v) is 8.41. The number of hydrogen-bond acceptors (Lipinski definition) is 6. The molecule has 1 atom stereocenters. The Labute approximate surface area is 154 Å². The van der Waals surface area contributed by atoms with E-state index in [1.165, 1.54) is 22.9 Å². The maximum atomic E-state index is 12.1. The van der Waals surface area contributed by atoms with E-state index in [0.29, 0.717) is 6.54 Å². The summed E-state index contributed by atoms with van der Waals surface area (Å²) in [6.07, 6.45) is 3.62. The summed E-state index contributed by atoms with van der Waals surface area (Å²) in [7, 11) is 0. The van der Waals surface area contributed by atoms with Crippen LogP contribution in [0, 0.1) is 10.1 Å². The number of aromatic nitrogens is 2. The number of non-ortho nitro benzene ring substituents is 1. The Bertz CT molecular complexity index is 804. The summed E-state index contributed by atoms with van der Waals surface area (Å²) in [5.41, 5.74) is 0.146. The monoisotopic (exact) mass is 380 g/mol. The van der Waals surface area contributed by atoms with Gasteiger partial charge in [-0.05, 0) is 25.0 Å². The van der Waals surface area contributed by atoms with E-state index >= 15 is 0 Å². The number of nitrogens with one attached hydrogen (secondary N) is 1. The Morgan fingerprint density at radius 3 is 3.04 bits per heavy atom. The lowest BCUT2D eigenvalue weighted by molar-refractivity contribution is -0.384. The average molecular weight is 381 g/mol. The molecule has 3 rings (SSSR count). The highest BCUT2D eigenvalue weighted by Gasteiger charge is 2.17. The summed E-state index contributed by atoms with van der Waals surface area (Å²) in [5, 5.41) is 17.7. The van der Waals surface area contributed by atoms with Crippen LogP contribution in [0.15, 0.2) is 30.5 Å². The van der Waals surface area contributed by atoms with Crippen molar-refractivity contribution in [3.05, 3.63) is 51.3 Å². The van der Waals surface area contributed by atoms with E-state index < -0.39 is 4.92 Å². The van der Waals surface area contributed by atoms with Gasteiger partial charge in [-0.25, -0.2) is 4.68 Å². The van der Waals surface area contributed by atoms with Crippen LogP contribution in [0.2, 0.25) is 5.02 Å². The molecule has 10 heteroatoms. The lowest BCUT2D eigenvalue weighted by Crippen LogP contribution is -2.32. The fourth-order valence-electron chi connectivity index (χ4n) is 2.51. The van der Waals surface area contributed by atoms with Crippen LogP contribution in [-0.4, -0.2) is 39.9 Å². The van der Waals surface area contributed by atoms with E-state index in [1.807, 2.05) is 0 Å². The third-order valence-electron chi connectivity index (χ3n) is 3.87. The minimum Gasteiger partial charge on any atom is -0.470 e. The minimum absolute atomic E-state index is 0.0105. The topological polar surface area (TPSA) is 109 Å². The second kappa shape index (κ2) is 8.15. The molecule has 2 aromatic rings. The zero-order valence-electron chi connectivity index (χ0n) is 13.8.